The number of nitrogens with zero attached hydrogens (tertiary/aromatic N) is 1. The Morgan fingerprint density at radius 1 is 0.619 bits per heavy atom. The number of nitrogens with one attached hydrogen (secondary N) is 1. The highest BCUT2D eigenvalue weighted by Crippen LogP contribution is 2.65. The fourth-order valence-corrected chi connectivity index (χ4v) is 3.82. The molecule has 0 aliphatic carbocycles. The van der Waals surface area contributed by atoms with E-state index in [-0.39, 0.29) is 0 Å². The number of aliphatic carboxylic acids is 1. The van der Waals surface area contributed by atoms with Gasteiger partial charge in [-0.05, 0) is 0 Å². The molecule has 0 amide bonds. The maximum atomic E-state index is 14.0. The van der Waals surface area contributed by atoms with E-state index >= 15 is 0 Å². The highest BCUT2D eigenvalue weighted by molar-refractivity contribution is 7.90. The van der Waals surface area contributed by atoms with Crippen LogP contribution in [0, 0.1) is 0 Å². The summed E-state index contributed by atoms with van der Waals surface area (Å²) in [6.45, 7) is -2.79. The molecule has 0 bridgehead atoms. The lowest BCUT2D eigenvalue weighted by Crippen LogP contribution is -2.76. The van der Waals surface area contributed by atoms with Crippen molar-refractivity contribution in [2.24, 2.45) is 0 Å². The quantitative estimate of drug-likeness (QED) is 0.143. The van der Waals surface area contributed by atoms with Crippen LogP contribution in [0.5, 0.6) is 0 Å². The van der Waals surface area contributed by atoms with Crippen LogP contribution < -0.4 is 4.72 Å². The zero-order valence-corrected chi connectivity index (χ0v) is 20.9. The first-order chi connectivity index (χ1) is 17.9. The van der Waals surface area contributed by atoms with Crippen LogP contribution in [0.3, 0.4) is 0 Å². The van der Waals surface area contributed by atoms with E-state index in [1.165, 1.54) is 0 Å². The summed E-state index contributed by atoms with van der Waals surface area (Å²) in [6.07, 6.45) is -8.83. The number of carboxylic acids is 1. The van der Waals surface area contributed by atoms with E-state index in [9.17, 15) is 96.6 Å². The second-order valence-corrected chi connectivity index (χ2v) is 10.8. The van der Waals surface area contributed by atoms with Gasteiger partial charge >= 0.3 is 58.9 Å². The molecule has 0 saturated carbocycles. The third-order valence-electron chi connectivity index (χ3n) is 5.22. The molecule has 42 heavy (non-hydrogen) atoms. The predicted octanol–water partition coefficient (Wildman–Crippen LogP) is 5.06. The van der Waals surface area contributed by atoms with Gasteiger partial charge in [0.2, 0.25) is 0 Å². The van der Waals surface area contributed by atoms with Crippen molar-refractivity contribution in [3.05, 3.63) is 0 Å². The first kappa shape index (κ1) is 40.0. The summed E-state index contributed by atoms with van der Waals surface area (Å²) >= 11 is 0. The van der Waals surface area contributed by atoms with Gasteiger partial charge in [0.1, 0.15) is 0 Å². The topological polar surface area (TPSA) is 83.5 Å². The van der Waals surface area contributed by atoms with E-state index in [0.29, 0.717) is 4.72 Å². The standard InChI is InChI=1S/C16H15F19N2O4S/c1-37(2,6-7(38)39)5-3-4-36-42(40,41)16(34,35)14(29,30)12(25,26)10(21,22)8(17,18)9(19,20)11(23,24)13(27,28)15(31,32)33/h36H,3-6H2,1-2H3/p+1. The molecular weight excluding hydrogens is 677 g/mol. The number of carboxylic acid groups (broad SMARTS) is 1. The number of halogens is 19. The molecule has 2 N–H and O–H groups in total. The molecule has 0 spiro atoms. The molecule has 0 fully saturated rings. The van der Waals surface area contributed by atoms with Crippen molar-refractivity contribution in [2.45, 2.75) is 59.3 Å². The van der Waals surface area contributed by atoms with Crippen LogP contribution in [0.15, 0.2) is 0 Å². The van der Waals surface area contributed by atoms with Crippen LogP contribution in [0.2, 0.25) is 0 Å². The lowest BCUT2D eigenvalue weighted by molar-refractivity contribution is -0.883. The molecule has 0 aromatic carbocycles. The highest BCUT2D eigenvalue weighted by atomic mass is 32.2. The summed E-state index contributed by atoms with van der Waals surface area (Å²) < 4.78 is 276. The first-order valence-electron chi connectivity index (χ1n) is 9.99. The molecule has 252 valence electrons. The van der Waals surface area contributed by atoms with Gasteiger partial charge in [0.15, 0.2) is 6.54 Å². The van der Waals surface area contributed by atoms with Crippen molar-refractivity contribution in [1.29, 1.82) is 0 Å². The Balaban J connectivity index is 6.58. The molecule has 0 aromatic heterocycles. The second-order valence-electron chi connectivity index (χ2n) is 9.00. The normalized spacial score (nSPS) is 16.1. The van der Waals surface area contributed by atoms with Gasteiger partial charge in [0.05, 0.1) is 20.6 Å². The fraction of sp³-hybridized carbons (Fsp3) is 0.938. The second kappa shape index (κ2) is 10.9. The minimum Gasteiger partial charge on any atom is -0.477 e. The molecule has 0 radical (unpaired) electrons. The van der Waals surface area contributed by atoms with Crippen molar-refractivity contribution in [2.75, 3.05) is 33.7 Å². The van der Waals surface area contributed by atoms with Gasteiger partial charge in [-0.3, -0.25) is 0 Å². The van der Waals surface area contributed by atoms with Gasteiger partial charge < -0.3 is 9.59 Å². The van der Waals surface area contributed by atoms with Gasteiger partial charge in [-0.1, -0.05) is 0 Å². The van der Waals surface area contributed by atoms with Gasteiger partial charge in [0.25, 0.3) is 10.0 Å². The molecule has 0 aliphatic heterocycles. The lowest BCUT2D eigenvalue weighted by Gasteiger charge is -2.43. The minimum absolute atomic E-state index is 0.411. The number of quaternary nitrogens is 1. The highest BCUT2D eigenvalue weighted by Gasteiger charge is 2.97. The smallest absolute Gasteiger partial charge is 0.460 e. The van der Waals surface area contributed by atoms with E-state index < -0.39 is 99.4 Å². The molecule has 0 heterocycles. The maximum Gasteiger partial charge on any atom is 0.460 e. The monoisotopic (exact) mass is 693 g/mol. The molecular formula is C16H16F19N2O4S+. The average Bonchev–Trinajstić information content (AvgIpc) is 2.73. The lowest BCUT2D eigenvalue weighted by atomic mass is 9.89. The van der Waals surface area contributed by atoms with Crippen molar-refractivity contribution >= 4 is 16.0 Å². The van der Waals surface area contributed by atoms with Crippen molar-refractivity contribution < 1.29 is 106 Å². The Morgan fingerprint density at radius 2 is 0.929 bits per heavy atom. The number of carbonyl (C=O) groups is 1. The number of hydrogen-bond donors (Lipinski definition) is 2. The van der Waals surface area contributed by atoms with Gasteiger partial charge in [-0.2, -0.15) is 83.4 Å². The van der Waals surface area contributed by atoms with Crippen LogP contribution in [0.25, 0.3) is 0 Å². The Hall–Kier alpha value is -1.99. The summed E-state index contributed by atoms with van der Waals surface area (Å²) in [6, 6.07) is 0. The van der Waals surface area contributed by atoms with Crippen LogP contribution in [0.4, 0.5) is 83.4 Å². The molecule has 26 heteroatoms. The molecule has 0 saturated heterocycles. The van der Waals surface area contributed by atoms with E-state index in [2.05, 4.69) is 0 Å². The molecule has 0 atom stereocenters. The van der Waals surface area contributed by atoms with Gasteiger partial charge in [-0.15, -0.1) is 0 Å². The summed E-state index contributed by atoms with van der Waals surface area (Å²) in [5, 5.41) is 0.882. The van der Waals surface area contributed by atoms with Crippen LogP contribution in [0.1, 0.15) is 6.42 Å². The number of hydrogen-bond acceptors (Lipinski definition) is 3. The number of sulfonamides is 1. The van der Waals surface area contributed by atoms with Crippen LogP contribution in [-0.4, -0.2) is 111 Å². The Kier molecular flexibility index (Phi) is 10.4. The average molecular weight is 693 g/mol. The zero-order chi connectivity index (χ0) is 34.6. The minimum atomic E-state index is -9.16. The molecule has 0 unspecified atom stereocenters. The first-order valence-corrected chi connectivity index (χ1v) is 11.5. The van der Waals surface area contributed by atoms with Gasteiger partial charge in [-0.25, -0.2) is 17.9 Å². The van der Waals surface area contributed by atoms with Gasteiger partial charge in [0, 0.05) is 13.0 Å². The summed E-state index contributed by atoms with van der Waals surface area (Å²) in [5.74, 6) is -63.6. The fourth-order valence-electron chi connectivity index (χ4n) is 2.76. The molecule has 0 aromatic rings. The summed E-state index contributed by atoms with van der Waals surface area (Å²) in [4.78, 5) is 10.6. The Morgan fingerprint density at radius 3 is 1.24 bits per heavy atom. The van der Waals surface area contributed by atoms with Crippen molar-refractivity contribution in [3.63, 3.8) is 0 Å². The van der Waals surface area contributed by atoms with E-state index in [4.69, 9.17) is 5.11 Å². The zero-order valence-electron chi connectivity index (χ0n) is 20.0. The maximum absolute atomic E-state index is 14.0. The summed E-state index contributed by atoms with van der Waals surface area (Å²) in [7, 11) is -5.25. The molecule has 0 aliphatic rings. The Labute approximate surface area is 221 Å². The number of alkyl halides is 19. The van der Waals surface area contributed by atoms with Crippen molar-refractivity contribution in [1.82, 2.24) is 4.72 Å². The van der Waals surface area contributed by atoms with E-state index in [1.807, 2.05) is 0 Å². The Bertz CT molecular complexity index is 1100. The third kappa shape index (κ3) is 6.02. The molecule has 6 nitrogen and oxygen atoms in total. The van der Waals surface area contributed by atoms with E-state index in [1.54, 1.807) is 0 Å². The largest absolute Gasteiger partial charge is 0.477 e. The number of rotatable bonds is 15. The SMILES string of the molecule is C[N+](C)(CCCNS(=O)(=O)C(F)(F)C(F)(F)C(F)(F)C(F)(F)C(F)(F)C(F)(F)C(F)(F)C(F)(F)C(F)(F)F)CC(=O)O. The number of likely N-dealkylation sites (N-methyl/N-ethyl adjacent to an activating group) is 1. The van der Waals surface area contributed by atoms with Crippen molar-refractivity contribution in [3.8, 4) is 0 Å². The van der Waals surface area contributed by atoms with Crippen LogP contribution >= 0.6 is 0 Å². The third-order valence-corrected chi connectivity index (χ3v) is 6.74. The van der Waals surface area contributed by atoms with Crippen LogP contribution in [-0.2, 0) is 14.8 Å². The predicted molar refractivity (Wildman–Crippen MR) is 96.6 cm³/mol. The molecule has 0 rings (SSSR count). The summed E-state index contributed by atoms with van der Waals surface area (Å²) in [5.41, 5.74) is 0. The van der Waals surface area contributed by atoms with E-state index in [0.717, 1.165) is 14.1 Å².